The lowest BCUT2D eigenvalue weighted by Gasteiger charge is -2.26. The van der Waals surface area contributed by atoms with Crippen molar-refractivity contribution in [2.24, 2.45) is 0 Å². The summed E-state index contributed by atoms with van der Waals surface area (Å²) >= 11 is 1.57. The second kappa shape index (κ2) is 9.54. The average molecular weight is 513 g/mol. The highest BCUT2D eigenvalue weighted by atomic mass is 32.2. The van der Waals surface area contributed by atoms with Gasteiger partial charge in [0.15, 0.2) is 0 Å². The fourth-order valence-corrected chi connectivity index (χ4v) is 5.98. The van der Waals surface area contributed by atoms with E-state index in [2.05, 4.69) is 5.32 Å². The van der Waals surface area contributed by atoms with Crippen molar-refractivity contribution in [3.05, 3.63) is 60.2 Å². The first kappa shape index (κ1) is 23.7. The molecule has 0 saturated carbocycles. The second-order valence-corrected chi connectivity index (χ2v) is 10.8. The van der Waals surface area contributed by atoms with E-state index in [0.29, 0.717) is 59.9 Å². The number of methoxy groups -OCH3 is 1. The van der Waals surface area contributed by atoms with Crippen molar-refractivity contribution in [2.45, 2.75) is 9.79 Å². The number of thioether (sulfide) groups is 1. The highest BCUT2D eigenvalue weighted by Crippen LogP contribution is 2.33. The number of carbonyl (C=O) groups is 1. The Morgan fingerprint density at radius 2 is 1.80 bits per heavy atom. The number of hydrogen-bond donors (Lipinski definition) is 1. The molecule has 1 saturated heterocycles. The molecule has 0 radical (unpaired) electrons. The number of benzene rings is 3. The Morgan fingerprint density at radius 3 is 2.54 bits per heavy atom. The molecule has 1 amide bonds. The summed E-state index contributed by atoms with van der Waals surface area (Å²) in [6, 6.07) is 15.6. The van der Waals surface area contributed by atoms with Crippen LogP contribution in [0.15, 0.2) is 68.8 Å². The van der Waals surface area contributed by atoms with E-state index in [1.165, 1.54) is 11.4 Å². The Balaban J connectivity index is 1.45. The number of sulfonamides is 1. The smallest absolute Gasteiger partial charge is 0.259 e. The SMILES string of the molecule is COc1cc(SC)ccc1C(=O)Nc1ccc2c(c1)oc1ccc(S(=O)(=O)N3CCOCC3)cc12. The molecule has 1 aliphatic rings. The molecule has 0 bridgehead atoms. The van der Waals surface area contributed by atoms with Crippen LogP contribution in [0.1, 0.15) is 10.4 Å². The molecule has 3 aromatic carbocycles. The maximum atomic E-state index is 13.1. The number of amides is 1. The van der Waals surface area contributed by atoms with Crippen molar-refractivity contribution < 1.29 is 27.1 Å². The van der Waals surface area contributed by atoms with Crippen LogP contribution in [-0.2, 0) is 14.8 Å². The summed E-state index contributed by atoms with van der Waals surface area (Å²) in [6.07, 6.45) is 1.96. The third-order valence-corrected chi connectivity index (χ3v) is 8.58. The lowest BCUT2D eigenvalue weighted by Crippen LogP contribution is -2.40. The van der Waals surface area contributed by atoms with E-state index < -0.39 is 10.0 Å². The normalized spacial score (nSPS) is 14.9. The first-order valence-electron chi connectivity index (χ1n) is 11.0. The number of ether oxygens (including phenoxy) is 2. The number of rotatable bonds is 6. The first-order chi connectivity index (χ1) is 16.9. The highest BCUT2D eigenvalue weighted by Gasteiger charge is 2.27. The van der Waals surface area contributed by atoms with Crippen molar-refractivity contribution in [3.8, 4) is 5.75 Å². The fourth-order valence-electron chi connectivity index (χ4n) is 4.12. The van der Waals surface area contributed by atoms with Crippen LogP contribution in [0.4, 0.5) is 5.69 Å². The summed E-state index contributed by atoms with van der Waals surface area (Å²) in [5.41, 5.74) is 2.09. The van der Waals surface area contributed by atoms with Gasteiger partial charge in [-0.1, -0.05) is 0 Å². The van der Waals surface area contributed by atoms with Crippen molar-refractivity contribution in [1.29, 1.82) is 0 Å². The van der Waals surface area contributed by atoms with Gasteiger partial charge in [-0.2, -0.15) is 4.31 Å². The minimum absolute atomic E-state index is 0.216. The van der Waals surface area contributed by atoms with Gasteiger partial charge in [0, 0.05) is 40.5 Å². The van der Waals surface area contributed by atoms with Gasteiger partial charge in [0.1, 0.15) is 16.9 Å². The topological polar surface area (TPSA) is 98.1 Å². The third kappa shape index (κ3) is 4.50. The molecule has 1 aliphatic heterocycles. The summed E-state index contributed by atoms with van der Waals surface area (Å²) in [5.74, 6) is 0.192. The van der Waals surface area contributed by atoms with E-state index in [-0.39, 0.29) is 10.8 Å². The predicted molar refractivity (Wildman–Crippen MR) is 136 cm³/mol. The van der Waals surface area contributed by atoms with E-state index >= 15 is 0 Å². The van der Waals surface area contributed by atoms with Crippen LogP contribution < -0.4 is 10.1 Å². The standard InChI is InChI=1S/C25H24N2O6S2/c1-31-23-14-17(34-2)4-7-20(23)25(28)26-16-3-6-19-21-15-18(5-8-22(21)33-24(19)13-16)35(29,30)27-9-11-32-12-10-27/h3-8,13-15H,9-12H2,1-2H3,(H,26,28). The van der Waals surface area contributed by atoms with Gasteiger partial charge in [0.2, 0.25) is 10.0 Å². The van der Waals surface area contributed by atoms with Gasteiger partial charge >= 0.3 is 0 Å². The van der Waals surface area contributed by atoms with Gasteiger partial charge in [-0.05, 0) is 54.8 Å². The van der Waals surface area contributed by atoms with Crippen LogP contribution in [0, 0.1) is 0 Å². The molecule has 1 N–H and O–H groups in total. The van der Waals surface area contributed by atoms with Crippen molar-refractivity contribution in [1.82, 2.24) is 4.31 Å². The summed E-state index contributed by atoms with van der Waals surface area (Å²) < 4.78 is 44.2. The predicted octanol–water partition coefficient (Wildman–Crippen LogP) is 4.59. The molecule has 0 atom stereocenters. The molecule has 2 heterocycles. The van der Waals surface area contributed by atoms with Crippen LogP contribution in [-0.4, -0.2) is 58.3 Å². The largest absolute Gasteiger partial charge is 0.496 e. The van der Waals surface area contributed by atoms with Crippen molar-refractivity contribution >= 4 is 55.3 Å². The number of fused-ring (bicyclic) bond motifs is 3. The molecular weight excluding hydrogens is 488 g/mol. The summed E-state index contributed by atoms with van der Waals surface area (Å²) in [7, 11) is -2.09. The maximum Gasteiger partial charge on any atom is 0.259 e. The molecule has 4 aromatic rings. The number of nitrogens with one attached hydrogen (secondary N) is 1. The van der Waals surface area contributed by atoms with E-state index in [4.69, 9.17) is 13.9 Å². The minimum atomic E-state index is -3.63. The zero-order chi connectivity index (χ0) is 24.6. The van der Waals surface area contributed by atoms with Crippen LogP contribution in [0.2, 0.25) is 0 Å². The quantitative estimate of drug-likeness (QED) is 0.377. The zero-order valence-electron chi connectivity index (χ0n) is 19.2. The Bertz CT molecular complexity index is 1520. The Kier molecular flexibility index (Phi) is 6.45. The van der Waals surface area contributed by atoms with Gasteiger partial charge in [-0.25, -0.2) is 8.42 Å². The number of anilines is 1. The Morgan fingerprint density at radius 1 is 1.00 bits per heavy atom. The first-order valence-corrected chi connectivity index (χ1v) is 13.6. The second-order valence-electron chi connectivity index (χ2n) is 8.01. The Hall–Kier alpha value is -3.05. The Labute approximate surface area is 207 Å². The highest BCUT2D eigenvalue weighted by molar-refractivity contribution is 7.98. The molecule has 0 unspecified atom stereocenters. The van der Waals surface area contributed by atoms with Crippen LogP contribution >= 0.6 is 11.8 Å². The van der Waals surface area contributed by atoms with Crippen LogP contribution in [0.3, 0.4) is 0 Å². The summed E-state index contributed by atoms with van der Waals surface area (Å²) in [6.45, 7) is 1.44. The van der Waals surface area contributed by atoms with Gasteiger partial charge in [0.05, 0.1) is 30.8 Å². The third-order valence-electron chi connectivity index (χ3n) is 5.96. The zero-order valence-corrected chi connectivity index (χ0v) is 20.9. The number of nitrogens with zero attached hydrogens (tertiary/aromatic N) is 1. The minimum Gasteiger partial charge on any atom is -0.496 e. The molecule has 10 heteroatoms. The number of carbonyl (C=O) groups excluding carboxylic acids is 1. The maximum absolute atomic E-state index is 13.1. The van der Waals surface area contributed by atoms with Crippen molar-refractivity contribution in [2.75, 3.05) is 45.0 Å². The van der Waals surface area contributed by atoms with Gasteiger partial charge in [0.25, 0.3) is 5.91 Å². The molecular formula is C25H24N2O6S2. The molecule has 0 spiro atoms. The fraction of sp³-hybridized carbons (Fsp3) is 0.240. The molecule has 1 aromatic heterocycles. The summed E-state index contributed by atoms with van der Waals surface area (Å²) in [4.78, 5) is 14.1. The molecule has 8 nitrogen and oxygen atoms in total. The van der Waals surface area contributed by atoms with Crippen LogP contribution in [0.5, 0.6) is 5.75 Å². The van der Waals surface area contributed by atoms with E-state index in [1.807, 2.05) is 24.5 Å². The number of hydrogen-bond acceptors (Lipinski definition) is 7. The van der Waals surface area contributed by atoms with Crippen LogP contribution in [0.25, 0.3) is 21.9 Å². The molecule has 182 valence electrons. The van der Waals surface area contributed by atoms with E-state index in [9.17, 15) is 13.2 Å². The van der Waals surface area contributed by atoms with E-state index in [0.717, 1.165) is 10.3 Å². The van der Waals surface area contributed by atoms with Gasteiger partial charge in [-0.3, -0.25) is 4.79 Å². The van der Waals surface area contributed by atoms with E-state index in [1.54, 1.807) is 48.2 Å². The molecule has 1 fully saturated rings. The number of morpholine rings is 1. The summed E-state index contributed by atoms with van der Waals surface area (Å²) in [5, 5.41) is 4.34. The number of furan rings is 1. The average Bonchev–Trinajstić information content (AvgIpc) is 3.25. The molecule has 0 aliphatic carbocycles. The monoisotopic (exact) mass is 512 g/mol. The lowest BCUT2D eigenvalue weighted by atomic mass is 10.1. The van der Waals surface area contributed by atoms with Crippen molar-refractivity contribution in [3.63, 3.8) is 0 Å². The molecule has 5 rings (SSSR count). The lowest BCUT2D eigenvalue weighted by molar-refractivity contribution is 0.0730. The molecule has 35 heavy (non-hydrogen) atoms. The van der Waals surface area contributed by atoms with Gasteiger partial charge in [-0.15, -0.1) is 11.8 Å². The van der Waals surface area contributed by atoms with Gasteiger partial charge < -0.3 is 19.2 Å².